The van der Waals surface area contributed by atoms with Crippen molar-refractivity contribution >= 4 is 29.0 Å². The van der Waals surface area contributed by atoms with Gasteiger partial charge < -0.3 is 5.32 Å². The monoisotopic (exact) mass is 440 g/mol. The Morgan fingerprint density at radius 1 is 1.16 bits per heavy atom. The van der Waals surface area contributed by atoms with Gasteiger partial charge in [0.25, 0.3) is 5.91 Å². The van der Waals surface area contributed by atoms with E-state index in [0.717, 1.165) is 17.1 Å². The second kappa shape index (κ2) is 9.34. The molecule has 1 atom stereocenters. The first-order valence-corrected chi connectivity index (χ1v) is 10.8. The topological polar surface area (TPSA) is 75.2 Å². The van der Waals surface area contributed by atoms with Crippen LogP contribution in [-0.2, 0) is 4.79 Å². The molecule has 162 valence electrons. The molecule has 3 rings (SSSR count). The van der Waals surface area contributed by atoms with Crippen LogP contribution in [0.25, 0.3) is 0 Å². The van der Waals surface area contributed by atoms with Crippen LogP contribution in [0.4, 0.5) is 10.1 Å². The van der Waals surface area contributed by atoms with E-state index in [9.17, 15) is 14.0 Å². The highest BCUT2D eigenvalue weighted by molar-refractivity contribution is 7.03. The molecule has 6 nitrogen and oxygen atoms in total. The molecule has 2 amide bonds. The van der Waals surface area contributed by atoms with E-state index in [4.69, 9.17) is 0 Å². The minimum absolute atomic E-state index is 0.0921. The number of rotatable bonds is 7. The number of nitrogens with one attached hydrogen (secondary N) is 1. The summed E-state index contributed by atoms with van der Waals surface area (Å²) < 4.78 is 18.7. The zero-order valence-electron chi connectivity index (χ0n) is 17.9. The molecular weight excluding hydrogens is 415 g/mol. The molecule has 0 saturated heterocycles. The van der Waals surface area contributed by atoms with E-state index in [-0.39, 0.29) is 11.3 Å². The van der Waals surface area contributed by atoms with Crippen molar-refractivity contribution in [2.75, 3.05) is 4.90 Å². The van der Waals surface area contributed by atoms with Crippen molar-refractivity contribution in [3.05, 3.63) is 76.5 Å². The molecule has 0 aliphatic heterocycles. The number of halogens is 1. The van der Waals surface area contributed by atoms with Crippen LogP contribution in [0.3, 0.4) is 0 Å². The Hall–Kier alpha value is -3.13. The lowest BCUT2D eigenvalue weighted by molar-refractivity contribution is -0.124. The average molecular weight is 441 g/mol. The highest BCUT2D eigenvalue weighted by Gasteiger charge is 2.37. The van der Waals surface area contributed by atoms with Crippen molar-refractivity contribution in [2.24, 2.45) is 0 Å². The number of anilines is 1. The van der Waals surface area contributed by atoms with E-state index < -0.39 is 29.2 Å². The molecule has 8 heteroatoms. The van der Waals surface area contributed by atoms with Gasteiger partial charge in [-0.05, 0) is 56.9 Å². The normalized spacial score (nSPS) is 12.3. The number of carbonyl (C=O) groups excluding carboxylic acids is 2. The summed E-state index contributed by atoms with van der Waals surface area (Å²) in [7, 11) is 0. The van der Waals surface area contributed by atoms with Gasteiger partial charge in [0.2, 0.25) is 5.91 Å². The zero-order chi connectivity index (χ0) is 22.6. The van der Waals surface area contributed by atoms with Gasteiger partial charge in [-0.2, -0.15) is 0 Å². The lowest BCUT2D eigenvalue weighted by atomic mass is 9.97. The SMILES string of the molecule is CCC(C)(C)NC(=O)[C@H](c1ccccc1F)N(C(=O)c1csnn1)c1ccc(C)cc1. The molecule has 31 heavy (non-hydrogen) atoms. The van der Waals surface area contributed by atoms with Crippen LogP contribution in [0.2, 0.25) is 0 Å². The second-order valence-electron chi connectivity index (χ2n) is 7.95. The lowest BCUT2D eigenvalue weighted by Crippen LogP contribution is -2.50. The molecule has 0 fully saturated rings. The van der Waals surface area contributed by atoms with Gasteiger partial charge in [-0.3, -0.25) is 14.5 Å². The molecule has 3 aromatic rings. The Morgan fingerprint density at radius 2 is 1.84 bits per heavy atom. The van der Waals surface area contributed by atoms with E-state index in [1.807, 2.05) is 39.8 Å². The Bertz CT molecular complexity index is 1050. The summed E-state index contributed by atoms with van der Waals surface area (Å²) >= 11 is 1.03. The lowest BCUT2D eigenvalue weighted by Gasteiger charge is -2.34. The molecular formula is C23H25FN4O2S. The molecule has 0 spiro atoms. The quantitative estimate of drug-likeness (QED) is 0.579. The van der Waals surface area contributed by atoms with Crippen molar-refractivity contribution in [2.45, 2.75) is 45.7 Å². The highest BCUT2D eigenvalue weighted by Crippen LogP contribution is 2.32. The van der Waals surface area contributed by atoms with Gasteiger partial charge in [-0.25, -0.2) is 4.39 Å². The van der Waals surface area contributed by atoms with Crippen molar-refractivity contribution in [1.29, 1.82) is 0 Å². The summed E-state index contributed by atoms with van der Waals surface area (Å²) in [6.45, 7) is 7.63. The third kappa shape index (κ3) is 5.14. The van der Waals surface area contributed by atoms with Crippen LogP contribution < -0.4 is 10.2 Å². The van der Waals surface area contributed by atoms with E-state index in [1.165, 1.54) is 22.4 Å². The minimum atomic E-state index is -1.23. The van der Waals surface area contributed by atoms with Crippen molar-refractivity contribution < 1.29 is 14.0 Å². The van der Waals surface area contributed by atoms with Crippen LogP contribution in [0.15, 0.2) is 53.9 Å². The molecule has 0 aliphatic rings. The predicted molar refractivity (Wildman–Crippen MR) is 120 cm³/mol. The van der Waals surface area contributed by atoms with Crippen LogP contribution in [0.5, 0.6) is 0 Å². The largest absolute Gasteiger partial charge is 0.349 e. The van der Waals surface area contributed by atoms with Crippen LogP contribution in [-0.4, -0.2) is 26.9 Å². The molecule has 0 bridgehead atoms. The van der Waals surface area contributed by atoms with Crippen LogP contribution in [0.1, 0.15) is 54.8 Å². The maximum Gasteiger partial charge on any atom is 0.280 e. The smallest absolute Gasteiger partial charge is 0.280 e. The van der Waals surface area contributed by atoms with Gasteiger partial charge in [0.1, 0.15) is 11.9 Å². The molecule has 1 N–H and O–H groups in total. The molecule has 1 aromatic heterocycles. The Labute approximate surface area is 185 Å². The van der Waals surface area contributed by atoms with E-state index in [1.54, 1.807) is 24.3 Å². The number of carbonyl (C=O) groups is 2. The van der Waals surface area contributed by atoms with Gasteiger partial charge in [0.15, 0.2) is 5.69 Å². The predicted octanol–water partition coefficient (Wildman–Crippen LogP) is 4.68. The number of aromatic nitrogens is 2. The van der Waals surface area contributed by atoms with Gasteiger partial charge in [-0.1, -0.05) is 47.3 Å². The van der Waals surface area contributed by atoms with Gasteiger partial charge in [0.05, 0.1) is 0 Å². The third-order valence-corrected chi connectivity index (χ3v) is 5.67. The van der Waals surface area contributed by atoms with Crippen molar-refractivity contribution in [1.82, 2.24) is 14.9 Å². The number of amides is 2. The number of nitrogens with zero attached hydrogens (tertiary/aromatic N) is 3. The Morgan fingerprint density at radius 3 is 2.42 bits per heavy atom. The fourth-order valence-electron chi connectivity index (χ4n) is 3.05. The summed E-state index contributed by atoms with van der Waals surface area (Å²) in [6.07, 6.45) is 0.664. The summed E-state index contributed by atoms with van der Waals surface area (Å²) in [6, 6.07) is 11.9. The first-order chi connectivity index (χ1) is 14.7. The van der Waals surface area contributed by atoms with Gasteiger partial charge in [-0.15, -0.1) is 5.10 Å². The molecule has 0 unspecified atom stereocenters. The summed E-state index contributed by atoms with van der Waals surface area (Å²) in [5, 5.41) is 8.35. The molecule has 2 aromatic carbocycles. The molecule has 0 aliphatic carbocycles. The fraction of sp³-hybridized carbons (Fsp3) is 0.304. The molecule has 0 saturated carbocycles. The van der Waals surface area contributed by atoms with E-state index in [2.05, 4.69) is 14.9 Å². The summed E-state index contributed by atoms with van der Waals surface area (Å²) in [4.78, 5) is 28.3. The van der Waals surface area contributed by atoms with Crippen LogP contribution >= 0.6 is 11.5 Å². The maximum atomic E-state index is 14.9. The zero-order valence-corrected chi connectivity index (χ0v) is 18.7. The standard InChI is InChI=1S/C23H25FN4O2S/c1-5-23(3,4)25-21(29)20(17-8-6-7-9-18(17)24)28(16-12-10-15(2)11-13-16)22(30)19-14-31-27-26-19/h6-14,20H,5H2,1-4H3,(H,25,29)/t20-/m0/s1. The number of hydrogen-bond donors (Lipinski definition) is 1. The summed E-state index contributed by atoms with van der Waals surface area (Å²) in [5.74, 6) is -1.58. The second-order valence-corrected chi connectivity index (χ2v) is 8.56. The third-order valence-electron chi connectivity index (χ3n) is 5.16. The molecule has 0 radical (unpaired) electrons. The first-order valence-electron chi connectivity index (χ1n) is 9.97. The first kappa shape index (κ1) is 22.6. The van der Waals surface area contributed by atoms with Gasteiger partial charge in [0, 0.05) is 22.2 Å². The van der Waals surface area contributed by atoms with Crippen molar-refractivity contribution in [3.8, 4) is 0 Å². The fourth-order valence-corrected chi connectivity index (χ4v) is 3.48. The minimum Gasteiger partial charge on any atom is -0.349 e. The van der Waals surface area contributed by atoms with E-state index in [0.29, 0.717) is 12.1 Å². The average Bonchev–Trinajstić information content (AvgIpc) is 3.28. The highest BCUT2D eigenvalue weighted by atomic mass is 32.1. The number of hydrogen-bond acceptors (Lipinski definition) is 5. The Balaban J connectivity index is 2.19. The van der Waals surface area contributed by atoms with Gasteiger partial charge >= 0.3 is 0 Å². The number of aryl methyl sites for hydroxylation is 1. The summed E-state index contributed by atoms with van der Waals surface area (Å²) in [5.41, 5.74) is 1.11. The molecule has 1 heterocycles. The van der Waals surface area contributed by atoms with Crippen LogP contribution in [0, 0.1) is 12.7 Å². The number of benzene rings is 2. The van der Waals surface area contributed by atoms with Crippen molar-refractivity contribution in [3.63, 3.8) is 0 Å². The Kier molecular flexibility index (Phi) is 6.80. The van der Waals surface area contributed by atoms with E-state index >= 15 is 0 Å². The maximum absolute atomic E-state index is 14.9.